The highest BCUT2D eigenvalue weighted by atomic mass is 15.2. The minimum Gasteiger partial charge on any atom is -0.305 e. The van der Waals surface area contributed by atoms with E-state index in [2.05, 4.69) is 30.0 Å². The molecule has 1 aliphatic carbocycles. The molecule has 0 aromatic heterocycles. The van der Waals surface area contributed by atoms with Gasteiger partial charge in [0.25, 0.3) is 0 Å². The van der Waals surface area contributed by atoms with Crippen LogP contribution in [-0.2, 0) is 0 Å². The second kappa shape index (κ2) is 5.84. The Kier molecular flexibility index (Phi) is 4.42. The highest BCUT2D eigenvalue weighted by Gasteiger charge is 2.34. The van der Waals surface area contributed by atoms with Gasteiger partial charge < -0.3 is 4.90 Å². The highest BCUT2D eigenvalue weighted by Crippen LogP contribution is 2.29. The summed E-state index contributed by atoms with van der Waals surface area (Å²) in [6.07, 6.45) is 7.50. The SMILES string of the molecule is CN(C)C1CCN(C2CCCCCC2C#N)C1. The molecule has 0 spiro atoms. The van der Waals surface area contributed by atoms with Crippen molar-refractivity contribution < 1.29 is 0 Å². The zero-order chi connectivity index (χ0) is 12.3. The topological polar surface area (TPSA) is 30.3 Å². The quantitative estimate of drug-likeness (QED) is 0.687. The fraction of sp³-hybridized carbons (Fsp3) is 0.929. The van der Waals surface area contributed by atoms with Crippen LogP contribution in [0.4, 0.5) is 0 Å². The first-order chi connectivity index (χ1) is 8.22. The molecule has 1 saturated carbocycles. The predicted molar refractivity (Wildman–Crippen MR) is 69.6 cm³/mol. The van der Waals surface area contributed by atoms with Crippen LogP contribution in [0.5, 0.6) is 0 Å². The summed E-state index contributed by atoms with van der Waals surface area (Å²) in [7, 11) is 4.34. The molecule has 3 atom stereocenters. The predicted octanol–water partition coefficient (Wildman–Crippen LogP) is 2.09. The van der Waals surface area contributed by atoms with E-state index in [0.717, 1.165) is 13.0 Å². The lowest BCUT2D eigenvalue weighted by Gasteiger charge is -2.30. The van der Waals surface area contributed by atoms with Crippen molar-refractivity contribution in [3.63, 3.8) is 0 Å². The molecule has 0 amide bonds. The Bertz CT molecular complexity index is 282. The van der Waals surface area contributed by atoms with Crippen molar-refractivity contribution in [2.24, 2.45) is 5.92 Å². The molecule has 3 unspecified atom stereocenters. The molecule has 0 aromatic carbocycles. The molecule has 3 nitrogen and oxygen atoms in total. The van der Waals surface area contributed by atoms with Crippen LogP contribution in [0.2, 0.25) is 0 Å². The van der Waals surface area contributed by atoms with Crippen LogP contribution in [-0.4, -0.2) is 49.1 Å². The fourth-order valence-electron chi connectivity index (χ4n) is 3.37. The molecule has 1 aliphatic heterocycles. The average Bonchev–Trinajstić information content (AvgIpc) is 2.68. The molecule has 2 fully saturated rings. The normalized spacial score (nSPS) is 35.8. The third-order valence-electron chi connectivity index (χ3n) is 4.54. The number of rotatable bonds is 2. The number of nitrogens with zero attached hydrogens (tertiary/aromatic N) is 3. The van der Waals surface area contributed by atoms with Gasteiger partial charge >= 0.3 is 0 Å². The molecule has 3 heteroatoms. The van der Waals surface area contributed by atoms with Gasteiger partial charge in [0.05, 0.1) is 12.0 Å². The summed E-state index contributed by atoms with van der Waals surface area (Å²) in [5.41, 5.74) is 0. The van der Waals surface area contributed by atoms with Gasteiger partial charge in [0.15, 0.2) is 0 Å². The molecule has 0 radical (unpaired) electrons. The Labute approximate surface area is 105 Å². The highest BCUT2D eigenvalue weighted by molar-refractivity contribution is 4.97. The van der Waals surface area contributed by atoms with E-state index in [4.69, 9.17) is 0 Å². The van der Waals surface area contributed by atoms with Crippen LogP contribution in [0.3, 0.4) is 0 Å². The van der Waals surface area contributed by atoms with Gasteiger partial charge in [-0.05, 0) is 33.4 Å². The van der Waals surface area contributed by atoms with E-state index < -0.39 is 0 Å². The van der Waals surface area contributed by atoms with Gasteiger partial charge in [-0.1, -0.05) is 19.3 Å². The lowest BCUT2D eigenvalue weighted by atomic mass is 9.95. The summed E-state index contributed by atoms with van der Waals surface area (Å²) in [5, 5.41) is 9.33. The van der Waals surface area contributed by atoms with Crippen LogP contribution >= 0.6 is 0 Å². The molecule has 1 saturated heterocycles. The Hall–Kier alpha value is -0.590. The first kappa shape index (κ1) is 12.9. The average molecular weight is 235 g/mol. The molecule has 2 rings (SSSR count). The fourth-order valence-corrected chi connectivity index (χ4v) is 3.37. The Balaban J connectivity index is 1.98. The Morgan fingerprint density at radius 3 is 2.53 bits per heavy atom. The molecule has 1 heterocycles. The number of hydrogen-bond donors (Lipinski definition) is 0. The second-order valence-corrected chi connectivity index (χ2v) is 5.84. The summed E-state index contributed by atoms with van der Waals surface area (Å²) in [6.45, 7) is 2.35. The minimum absolute atomic E-state index is 0.276. The van der Waals surface area contributed by atoms with Gasteiger partial charge in [0.1, 0.15) is 0 Å². The van der Waals surface area contributed by atoms with Gasteiger partial charge in [-0.15, -0.1) is 0 Å². The van der Waals surface area contributed by atoms with Crippen LogP contribution in [0, 0.1) is 17.2 Å². The summed E-state index contributed by atoms with van der Waals surface area (Å²) >= 11 is 0. The lowest BCUT2D eigenvalue weighted by molar-refractivity contribution is 0.174. The smallest absolute Gasteiger partial charge is 0.0672 e. The Morgan fingerprint density at radius 2 is 1.88 bits per heavy atom. The Morgan fingerprint density at radius 1 is 1.12 bits per heavy atom. The molecule has 17 heavy (non-hydrogen) atoms. The van der Waals surface area contributed by atoms with Crippen molar-refractivity contribution in [1.29, 1.82) is 5.26 Å². The number of likely N-dealkylation sites (tertiary alicyclic amines) is 1. The summed E-state index contributed by atoms with van der Waals surface area (Å²) in [4.78, 5) is 4.92. The molecule has 0 N–H and O–H groups in total. The number of nitriles is 1. The number of likely N-dealkylation sites (N-methyl/N-ethyl adjacent to an activating group) is 1. The maximum atomic E-state index is 9.33. The van der Waals surface area contributed by atoms with Crippen molar-refractivity contribution in [2.75, 3.05) is 27.2 Å². The van der Waals surface area contributed by atoms with Gasteiger partial charge in [-0.3, -0.25) is 4.90 Å². The van der Waals surface area contributed by atoms with Gasteiger partial charge in [-0.2, -0.15) is 5.26 Å². The van der Waals surface area contributed by atoms with Crippen LogP contribution in [0.15, 0.2) is 0 Å². The van der Waals surface area contributed by atoms with Crippen LogP contribution in [0.25, 0.3) is 0 Å². The zero-order valence-corrected chi connectivity index (χ0v) is 11.2. The zero-order valence-electron chi connectivity index (χ0n) is 11.2. The van der Waals surface area contributed by atoms with Crippen molar-refractivity contribution in [3.05, 3.63) is 0 Å². The summed E-state index contributed by atoms with van der Waals surface area (Å²) < 4.78 is 0. The van der Waals surface area contributed by atoms with E-state index in [0.29, 0.717) is 12.1 Å². The van der Waals surface area contributed by atoms with Gasteiger partial charge in [-0.25, -0.2) is 0 Å². The van der Waals surface area contributed by atoms with Crippen LogP contribution < -0.4 is 0 Å². The van der Waals surface area contributed by atoms with E-state index in [-0.39, 0.29) is 5.92 Å². The third-order valence-corrected chi connectivity index (χ3v) is 4.54. The molecule has 2 aliphatic rings. The minimum atomic E-state index is 0.276. The van der Waals surface area contributed by atoms with Crippen molar-refractivity contribution in [1.82, 2.24) is 9.80 Å². The molecule has 0 bridgehead atoms. The van der Waals surface area contributed by atoms with Gasteiger partial charge in [0, 0.05) is 25.2 Å². The van der Waals surface area contributed by atoms with E-state index in [1.165, 1.54) is 38.6 Å². The first-order valence-corrected chi connectivity index (χ1v) is 7.02. The molecule has 96 valence electrons. The first-order valence-electron chi connectivity index (χ1n) is 7.02. The maximum Gasteiger partial charge on any atom is 0.0672 e. The van der Waals surface area contributed by atoms with Gasteiger partial charge in [0.2, 0.25) is 0 Å². The second-order valence-electron chi connectivity index (χ2n) is 5.84. The van der Waals surface area contributed by atoms with Crippen molar-refractivity contribution >= 4 is 0 Å². The maximum absolute atomic E-state index is 9.33. The number of hydrogen-bond acceptors (Lipinski definition) is 3. The van der Waals surface area contributed by atoms with E-state index in [9.17, 15) is 5.26 Å². The van der Waals surface area contributed by atoms with E-state index in [1.54, 1.807) is 0 Å². The molecular formula is C14H25N3. The largest absolute Gasteiger partial charge is 0.305 e. The van der Waals surface area contributed by atoms with E-state index >= 15 is 0 Å². The lowest BCUT2D eigenvalue weighted by Crippen LogP contribution is -2.40. The summed E-state index contributed by atoms with van der Waals surface area (Å²) in [6, 6.07) is 3.79. The van der Waals surface area contributed by atoms with Crippen molar-refractivity contribution in [2.45, 2.75) is 50.6 Å². The monoisotopic (exact) mass is 235 g/mol. The summed E-state index contributed by atoms with van der Waals surface area (Å²) in [5.74, 6) is 0.276. The van der Waals surface area contributed by atoms with Crippen molar-refractivity contribution in [3.8, 4) is 6.07 Å². The van der Waals surface area contributed by atoms with E-state index in [1.807, 2.05) is 0 Å². The van der Waals surface area contributed by atoms with Crippen LogP contribution in [0.1, 0.15) is 38.5 Å². The third kappa shape index (κ3) is 3.00. The molecule has 0 aromatic rings. The molecular weight excluding hydrogens is 210 g/mol. The standard InChI is InChI=1S/C14H25N3/c1-16(2)13-8-9-17(11-13)14-7-5-3-4-6-12(14)10-15/h12-14H,3-9,11H2,1-2H3.